The Kier molecular flexibility index (Phi) is 6.17. The fraction of sp³-hybridized carbons (Fsp3) is 0.385. The van der Waals surface area contributed by atoms with Gasteiger partial charge in [-0.05, 0) is 18.6 Å². The van der Waals surface area contributed by atoms with E-state index in [2.05, 4.69) is 10.6 Å². The van der Waals surface area contributed by atoms with Crippen LogP contribution in [-0.4, -0.2) is 39.4 Å². The number of aromatic carboxylic acids is 1. The van der Waals surface area contributed by atoms with Crippen LogP contribution in [0.4, 0.5) is 10.5 Å². The zero-order chi connectivity index (χ0) is 15.1. The molecule has 0 aliphatic rings. The average molecular weight is 298 g/mol. The van der Waals surface area contributed by atoms with E-state index >= 15 is 0 Å². The largest absolute Gasteiger partial charge is 0.478 e. The molecule has 1 rings (SSSR count). The van der Waals surface area contributed by atoms with Crippen molar-refractivity contribution in [1.29, 1.82) is 0 Å². The molecule has 0 bridgehead atoms. The summed E-state index contributed by atoms with van der Waals surface area (Å²) in [6, 6.07) is 5.69. The van der Waals surface area contributed by atoms with Crippen molar-refractivity contribution in [2.45, 2.75) is 18.6 Å². The number of hydrogen-bond donors (Lipinski definition) is 3. The van der Waals surface area contributed by atoms with E-state index in [0.29, 0.717) is 13.0 Å². The van der Waals surface area contributed by atoms with E-state index in [1.807, 2.05) is 6.92 Å². The van der Waals surface area contributed by atoms with Gasteiger partial charge in [0.05, 0.1) is 11.3 Å². The highest BCUT2D eigenvalue weighted by Crippen LogP contribution is 2.14. The first-order valence-corrected chi connectivity index (χ1v) is 7.73. The van der Waals surface area contributed by atoms with Crippen molar-refractivity contribution in [2.24, 2.45) is 0 Å². The second-order valence-corrected chi connectivity index (χ2v) is 6.13. The van der Waals surface area contributed by atoms with Gasteiger partial charge in [-0.15, -0.1) is 0 Å². The summed E-state index contributed by atoms with van der Waals surface area (Å²) in [5.41, 5.74) is 0.273. The maximum atomic E-state index is 11.6. The predicted molar refractivity (Wildman–Crippen MR) is 78.6 cm³/mol. The van der Waals surface area contributed by atoms with Crippen molar-refractivity contribution >= 4 is 28.5 Å². The van der Waals surface area contributed by atoms with Gasteiger partial charge in [-0.1, -0.05) is 19.1 Å². The molecule has 0 saturated carbocycles. The number of para-hydroxylation sites is 1. The summed E-state index contributed by atoms with van der Waals surface area (Å²) >= 11 is 0. The van der Waals surface area contributed by atoms with Crippen LogP contribution in [0, 0.1) is 0 Å². The van der Waals surface area contributed by atoms with Crippen LogP contribution in [0.1, 0.15) is 23.7 Å². The molecule has 2 atom stereocenters. The molecule has 20 heavy (non-hydrogen) atoms. The molecule has 0 radical (unpaired) electrons. The standard InChI is InChI=1S/C13H18N2O4S/c1-9(20(2)19)7-8-14-13(18)15-11-6-4-3-5-10(11)12(16)17/h3-6,9H,7-8H2,1-2H3,(H,16,17)(H2,14,15,18). The first-order valence-electron chi connectivity index (χ1n) is 6.11. The van der Waals surface area contributed by atoms with Crippen LogP contribution in [0.5, 0.6) is 0 Å². The number of anilines is 1. The predicted octanol–water partition coefficient (Wildman–Crippen LogP) is 1.66. The Balaban J connectivity index is 2.51. The normalized spacial score (nSPS) is 13.3. The molecule has 0 saturated heterocycles. The number of carbonyl (C=O) groups excluding carboxylic acids is 1. The maximum absolute atomic E-state index is 11.6. The number of nitrogens with one attached hydrogen (secondary N) is 2. The van der Waals surface area contributed by atoms with E-state index in [-0.39, 0.29) is 16.5 Å². The lowest BCUT2D eigenvalue weighted by atomic mass is 10.2. The van der Waals surface area contributed by atoms with Crippen LogP contribution in [0.2, 0.25) is 0 Å². The van der Waals surface area contributed by atoms with Gasteiger partial charge < -0.3 is 15.7 Å². The van der Waals surface area contributed by atoms with Crippen LogP contribution in [-0.2, 0) is 10.8 Å². The number of rotatable bonds is 6. The molecule has 1 aromatic carbocycles. The molecule has 6 nitrogen and oxygen atoms in total. The number of carboxylic acid groups (broad SMARTS) is 1. The van der Waals surface area contributed by atoms with Crippen molar-refractivity contribution in [3.63, 3.8) is 0 Å². The van der Waals surface area contributed by atoms with E-state index in [9.17, 15) is 13.8 Å². The number of hydrogen-bond acceptors (Lipinski definition) is 3. The van der Waals surface area contributed by atoms with E-state index in [4.69, 9.17) is 5.11 Å². The molecule has 2 unspecified atom stereocenters. The molecule has 0 aliphatic heterocycles. The van der Waals surface area contributed by atoms with Crippen LogP contribution in [0.25, 0.3) is 0 Å². The van der Waals surface area contributed by atoms with Crippen molar-refractivity contribution in [1.82, 2.24) is 5.32 Å². The SMILES string of the molecule is CC(CCNC(=O)Nc1ccccc1C(=O)O)S(C)=O. The second-order valence-electron chi connectivity index (χ2n) is 4.33. The van der Waals surface area contributed by atoms with E-state index in [1.54, 1.807) is 18.4 Å². The second kappa shape index (κ2) is 7.64. The Labute approximate surface area is 120 Å². The summed E-state index contributed by atoms with van der Waals surface area (Å²) in [7, 11) is -0.922. The molecule has 7 heteroatoms. The van der Waals surface area contributed by atoms with Gasteiger partial charge in [-0.25, -0.2) is 9.59 Å². The molecule has 0 heterocycles. The zero-order valence-corrected chi connectivity index (χ0v) is 12.2. The minimum atomic E-state index is -1.10. The van der Waals surface area contributed by atoms with E-state index in [0.717, 1.165) is 0 Å². The van der Waals surface area contributed by atoms with E-state index < -0.39 is 22.8 Å². The maximum Gasteiger partial charge on any atom is 0.337 e. The Bertz CT molecular complexity index is 519. The van der Waals surface area contributed by atoms with Crippen molar-refractivity contribution in [3.05, 3.63) is 29.8 Å². The van der Waals surface area contributed by atoms with Gasteiger partial charge in [0.2, 0.25) is 0 Å². The molecule has 0 aliphatic carbocycles. The number of carbonyl (C=O) groups is 2. The lowest BCUT2D eigenvalue weighted by Gasteiger charge is -2.11. The minimum absolute atomic E-state index is 0.00149. The Morgan fingerprint density at radius 2 is 2.00 bits per heavy atom. The molecular weight excluding hydrogens is 280 g/mol. The third-order valence-electron chi connectivity index (χ3n) is 2.81. The zero-order valence-electron chi connectivity index (χ0n) is 11.4. The lowest BCUT2D eigenvalue weighted by molar-refractivity contribution is 0.0698. The highest BCUT2D eigenvalue weighted by molar-refractivity contribution is 7.84. The van der Waals surface area contributed by atoms with Gasteiger partial charge in [0, 0.05) is 28.9 Å². The topological polar surface area (TPSA) is 95.5 Å². The van der Waals surface area contributed by atoms with Gasteiger partial charge >= 0.3 is 12.0 Å². The van der Waals surface area contributed by atoms with Gasteiger partial charge in [0.1, 0.15) is 0 Å². The Morgan fingerprint density at radius 3 is 2.60 bits per heavy atom. The number of amides is 2. The van der Waals surface area contributed by atoms with Gasteiger partial charge in [-0.3, -0.25) is 4.21 Å². The molecule has 0 spiro atoms. The quantitative estimate of drug-likeness (QED) is 0.744. The molecule has 0 aromatic heterocycles. The monoisotopic (exact) mass is 298 g/mol. The van der Waals surface area contributed by atoms with Crippen LogP contribution in [0.15, 0.2) is 24.3 Å². The highest BCUT2D eigenvalue weighted by atomic mass is 32.2. The summed E-state index contributed by atoms with van der Waals surface area (Å²) < 4.78 is 11.1. The number of carboxylic acids is 1. The number of urea groups is 1. The van der Waals surface area contributed by atoms with Crippen molar-refractivity contribution in [2.75, 3.05) is 18.1 Å². The minimum Gasteiger partial charge on any atom is -0.478 e. The Morgan fingerprint density at radius 1 is 1.35 bits per heavy atom. The van der Waals surface area contributed by atoms with Crippen molar-refractivity contribution < 1.29 is 18.9 Å². The third-order valence-corrected chi connectivity index (χ3v) is 4.18. The summed E-state index contributed by atoms with van der Waals surface area (Å²) in [5, 5.41) is 14.1. The van der Waals surface area contributed by atoms with Crippen LogP contribution >= 0.6 is 0 Å². The van der Waals surface area contributed by atoms with E-state index in [1.165, 1.54) is 12.1 Å². The molecule has 110 valence electrons. The molecule has 0 fully saturated rings. The number of benzene rings is 1. The highest BCUT2D eigenvalue weighted by Gasteiger charge is 2.12. The molecule has 3 N–H and O–H groups in total. The fourth-order valence-corrected chi connectivity index (χ4v) is 1.95. The van der Waals surface area contributed by atoms with Crippen LogP contribution < -0.4 is 10.6 Å². The fourth-order valence-electron chi connectivity index (χ4n) is 1.50. The smallest absolute Gasteiger partial charge is 0.337 e. The molecule has 1 aromatic rings. The molecule has 2 amide bonds. The summed E-state index contributed by atoms with van der Waals surface area (Å²) in [6.07, 6.45) is 2.21. The first kappa shape index (κ1) is 16.2. The van der Waals surface area contributed by atoms with Gasteiger partial charge in [0.15, 0.2) is 0 Å². The summed E-state index contributed by atoms with van der Waals surface area (Å²) in [4.78, 5) is 22.6. The van der Waals surface area contributed by atoms with Crippen molar-refractivity contribution in [3.8, 4) is 0 Å². The average Bonchev–Trinajstić information content (AvgIpc) is 2.38. The van der Waals surface area contributed by atoms with Gasteiger partial charge in [-0.2, -0.15) is 0 Å². The summed E-state index contributed by atoms with van der Waals surface area (Å²) in [5.74, 6) is -1.10. The van der Waals surface area contributed by atoms with Crippen LogP contribution in [0.3, 0.4) is 0 Å². The summed E-state index contributed by atoms with van der Waals surface area (Å²) in [6.45, 7) is 2.22. The van der Waals surface area contributed by atoms with Gasteiger partial charge in [0.25, 0.3) is 0 Å². The third kappa shape index (κ3) is 5.00. The lowest BCUT2D eigenvalue weighted by Crippen LogP contribution is -2.32. The first-order chi connectivity index (χ1) is 9.41. The molecular formula is C13H18N2O4S. The Hall–Kier alpha value is -1.89.